The van der Waals surface area contributed by atoms with Crippen LogP contribution in [0.3, 0.4) is 0 Å². The summed E-state index contributed by atoms with van der Waals surface area (Å²) in [5.41, 5.74) is 2.07. The fourth-order valence-corrected chi connectivity index (χ4v) is 3.03. The first-order valence-electron chi connectivity index (χ1n) is 7.55. The van der Waals surface area contributed by atoms with Gasteiger partial charge in [-0.2, -0.15) is 0 Å². The summed E-state index contributed by atoms with van der Waals surface area (Å²) in [6.45, 7) is 0.631. The summed E-state index contributed by atoms with van der Waals surface area (Å²) in [6, 6.07) is 14.4. The summed E-state index contributed by atoms with van der Waals surface area (Å²) in [7, 11) is -0.757. The Morgan fingerprint density at radius 3 is 2.38 bits per heavy atom. The second-order valence-electron chi connectivity index (χ2n) is 5.16. The number of amides is 1. The first-order chi connectivity index (χ1) is 11.5. The van der Waals surface area contributed by atoms with Gasteiger partial charge < -0.3 is 10.6 Å². The highest BCUT2D eigenvalue weighted by Gasteiger charge is 2.17. The number of anilines is 1. The fraction of sp³-hybridized carbons (Fsp3) is 0.235. The largest absolute Gasteiger partial charge is 0.384 e. The maximum Gasteiger partial charge on any atom is 0.253 e. The monoisotopic (exact) mass is 347 g/mol. The zero-order valence-electron chi connectivity index (χ0n) is 13.7. The van der Waals surface area contributed by atoms with Crippen LogP contribution in [0.5, 0.6) is 0 Å². The van der Waals surface area contributed by atoms with Crippen LogP contribution in [0.2, 0.25) is 0 Å². The molecule has 0 fully saturated rings. The Hall–Kier alpha value is -2.38. The van der Waals surface area contributed by atoms with E-state index < -0.39 is 10.0 Å². The summed E-state index contributed by atoms with van der Waals surface area (Å²) >= 11 is 0. The molecule has 0 aliphatic carbocycles. The highest BCUT2D eigenvalue weighted by atomic mass is 32.2. The number of rotatable bonds is 7. The van der Waals surface area contributed by atoms with Gasteiger partial charge in [-0.3, -0.25) is 4.79 Å². The Morgan fingerprint density at radius 1 is 1.04 bits per heavy atom. The lowest BCUT2D eigenvalue weighted by molar-refractivity contribution is 0.0963. The zero-order chi connectivity index (χ0) is 17.6. The van der Waals surface area contributed by atoms with E-state index in [-0.39, 0.29) is 10.8 Å². The lowest BCUT2D eigenvalue weighted by Crippen LogP contribution is -2.23. The van der Waals surface area contributed by atoms with E-state index >= 15 is 0 Å². The number of hydrogen-bond acceptors (Lipinski definition) is 4. The molecular weight excluding hydrogens is 326 g/mol. The molecule has 128 valence electrons. The van der Waals surface area contributed by atoms with Crippen molar-refractivity contribution in [3.8, 4) is 0 Å². The minimum absolute atomic E-state index is 0.0530. The van der Waals surface area contributed by atoms with Gasteiger partial charge in [0, 0.05) is 19.3 Å². The van der Waals surface area contributed by atoms with Crippen molar-refractivity contribution in [3.05, 3.63) is 59.7 Å². The normalized spacial score (nSPS) is 11.1. The van der Waals surface area contributed by atoms with E-state index in [9.17, 15) is 13.2 Å². The van der Waals surface area contributed by atoms with Gasteiger partial charge >= 0.3 is 0 Å². The fourth-order valence-electron chi connectivity index (χ4n) is 2.27. The SMILES string of the molecule is CNC(=O)c1cc(S(=O)(=O)NC)ccc1NCCc1ccccc1. The van der Waals surface area contributed by atoms with Crippen molar-refractivity contribution in [2.45, 2.75) is 11.3 Å². The third-order valence-corrected chi connectivity index (χ3v) is 5.03. The highest BCUT2D eigenvalue weighted by Crippen LogP contribution is 2.20. The van der Waals surface area contributed by atoms with Gasteiger partial charge in [0.05, 0.1) is 10.5 Å². The minimum atomic E-state index is -3.60. The molecule has 7 heteroatoms. The molecule has 2 rings (SSSR count). The second kappa shape index (κ2) is 7.94. The summed E-state index contributed by atoms with van der Waals surface area (Å²) in [5, 5.41) is 5.73. The van der Waals surface area contributed by atoms with E-state index in [1.54, 1.807) is 6.07 Å². The molecule has 6 nitrogen and oxygen atoms in total. The summed E-state index contributed by atoms with van der Waals surface area (Å²) in [4.78, 5) is 12.1. The van der Waals surface area contributed by atoms with Crippen molar-refractivity contribution in [3.63, 3.8) is 0 Å². The number of carbonyl (C=O) groups is 1. The number of benzene rings is 2. The molecule has 0 unspecified atom stereocenters. The average molecular weight is 347 g/mol. The average Bonchev–Trinajstić information content (AvgIpc) is 2.62. The molecule has 0 radical (unpaired) electrons. The van der Waals surface area contributed by atoms with Gasteiger partial charge in [0.25, 0.3) is 5.91 Å². The molecular formula is C17H21N3O3S. The maximum absolute atomic E-state index is 12.1. The molecule has 24 heavy (non-hydrogen) atoms. The molecule has 0 bridgehead atoms. The van der Waals surface area contributed by atoms with E-state index in [4.69, 9.17) is 0 Å². The van der Waals surface area contributed by atoms with E-state index in [1.165, 1.54) is 31.8 Å². The van der Waals surface area contributed by atoms with E-state index in [2.05, 4.69) is 15.4 Å². The maximum atomic E-state index is 12.1. The van der Waals surface area contributed by atoms with E-state index in [1.807, 2.05) is 30.3 Å². The Bertz CT molecular complexity index is 805. The Morgan fingerprint density at radius 2 is 1.75 bits per heavy atom. The van der Waals surface area contributed by atoms with Crippen LogP contribution < -0.4 is 15.4 Å². The van der Waals surface area contributed by atoms with Crippen LogP contribution in [-0.2, 0) is 16.4 Å². The molecule has 0 saturated carbocycles. The van der Waals surface area contributed by atoms with Gasteiger partial charge in [-0.25, -0.2) is 13.1 Å². The van der Waals surface area contributed by atoms with E-state index in [0.29, 0.717) is 17.8 Å². The summed E-state index contributed by atoms with van der Waals surface area (Å²) < 4.78 is 26.1. The minimum Gasteiger partial charge on any atom is -0.384 e. The Kier molecular flexibility index (Phi) is 5.94. The number of hydrogen-bond donors (Lipinski definition) is 3. The van der Waals surface area contributed by atoms with Crippen molar-refractivity contribution < 1.29 is 13.2 Å². The van der Waals surface area contributed by atoms with Crippen molar-refractivity contribution in [2.75, 3.05) is 26.0 Å². The number of carbonyl (C=O) groups excluding carboxylic acids is 1. The molecule has 0 spiro atoms. The number of nitrogens with one attached hydrogen (secondary N) is 3. The third kappa shape index (κ3) is 4.33. The first-order valence-corrected chi connectivity index (χ1v) is 9.03. The van der Waals surface area contributed by atoms with Crippen LogP contribution in [0.1, 0.15) is 15.9 Å². The van der Waals surface area contributed by atoms with Gasteiger partial charge in [0.2, 0.25) is 10.0 Å². The quantitative estimate of drug-likeness (QED) is 0.710. The van der Waals surface area contributed by atoms with Gasteiger partial charge in [-0.15, -0.1) is 0 Å². The van der Waals surface area contributed by atoms with Gasteiger partial charge in [0.15, 0.2) is 0 Å². The molecule has 0 saturated heterocycles. The topological polar surface area (TPSA) is 87.3 Å². The predicted octanol–water partition coefficient (Wildman–Crippen LogP) is 1.61. The molecule has 3 N–H and O–H groups in total. The van der Waals surface area contributed by atoms with Crippen LogP contribution in [0, 0.1) is 0 Å². The highest BCUT2D eigenvalue weighted by molar-refractivity contribution is 7.89. The molecule has 0 aliphatic heterocycles. The van der Waals surface area contributed by atoms with Crippen molar-refractivity contribution in [1.82, 2.24) is 10.0 Å². The van der Waals surface area contributed by atoms with Crippen LogP contribution in [0.25, 0.3) is 0 Å². The zero-order valence-corrected chi connectivity index (χ0v) is 14.5. The lowest BCUT2D eigenvalue weighted by atomic mass is 10.1. The van der Waals surface area contributed by atoms with Crippen molar-refractivity contribution in [1.29, 1.82) is 0 Å². The van der Waals surface area contributed by atoms with Crippen LogP contribution in [0.4, 0.5) is 5.69 Å². The molecule has 2 aromatic carbocycles. The van der Waals surface area contributed by atoms with Crippen molar-refractivity contribution >= 4 is 21.6 Å². The lowest BCUT2D eigenvalue weighted by Gasteiger charge is -2.13. The third-order valence-electron chi connectivity index (χ3n) is 3.61. The van der Waals surface area contributed by atoms with Crippen LogP contribution in [-0.4, -0.2) is 35.0 Å². The molecule has 0 aliphatic rings. The van der Waals surface area contributed by atoms with Crippen molar-refractivity contribution in [2.24, 2.45) is 0 Å². The standard InChI is InChI=1S/C17H21N3O3S/c1-18-17(21)15-12-14(24(22,23)19-2)8-9-16(15)20-11-10-13-6-4-3-5-7-13/h3-9,12,19-20H,10-11H2,1-2H3,(H,18,21). The molecule has 2 aromatic rings. The first kappa shape index (κ1) is 18.0. The van der Waals surface area contributed by atoms with Gasteiger partial charge in [-0.1, -0.05) is 30.3 Å². The van der Waals surface area contributed by atoms with Crippen LogP contribution >= 0.6 is 0 Å². The Balaban J connectivity index is 2.21. The molecule has 0 atom stereocenters. The smallest absolute Gasteiger partial charge is 0.253 e. The molecule has 0 heterocycles. The number of sulfonamides is 1. The van der Waals surface area contributed by atoms with Gasteiger partial charge in [-0.05, 0) is 37.2 Å². The van der Waals surface area contributed by atoms with E-state index in [0.717, 1.165) is 6.42 Å². The van der Waals surface area contributed by atoms with Gasteiger partial charge in [0.1, 0.15) is 0 Å². The molecule has 1 amide bonds. The summed E-state index contributed by atoms with van der Waals surface area (Å²) in [5.74, 6) is -0.342. The summed E-state index contributed by atoms with van der Waals surface area (Å²) in [6.07, 6.45) is 0.796. The molecule has 0 aromatic heterocycles. The Labute approximate surface area is 142 Å². The van der Waals surface area contributed by atoms with Crippen LogP contribution in [0.15, 0.2) is 53.4 Å². The second-order valence-corrected chi connectivity index (χ2v) is 7.04. The predicted molar refractivity (Wildman–Crippen MR) is 94.7 cm³/mol.